The molecule has 8 nitrogen and oxygen atoms in total. The van der Waals surface area contributed by atoms with E-state index in [0.29, 0.717) is 49.4 Å². The third-order valence-electron chi connectivity index (χ3n) is 7.44. The van der Waals surface area contributed by atoms with E-state index in [1.165, 1.54) is 0 Å². The van der Waals surface area contributed by atoms with E-state index in [9.17, 15) is 19.2 Å². The summed E-state index contributed by atoms with van der Waals surface area (Å²) in [6, 6.07) is 16.8. The number of esters is 2. The Kier molecular flexibility index (Phi) is 9.17. The van der Waals surface area contributed by atoms with Crippen molar-refractivity contribution in [2.45, 2.75) is 52.5 Å². The SMILES string of the molecule is CCOC(=O)C1=C(C)N(Cc2cccc(C(=O)N3CCC(C(=O)OCC)CC3)c2)C(=O)CC1c1ccccc1. The number of nitrogens with zero attached hydrogens (tertiary/aromatic N) is 2. The monoisotopic (exact) mass is 532 g/mol. The topological polar surface area (TPSA) is 93.2 Å². The summed E-state index contributed by atoms with van der Waals surface area (Å²) in [4.78, 5) is 55.0. The number of likely N-dealkylation sites (tertiary alicyclic amines) is 1. The molecule has 39 heavy (non-hydrogen) atoms. The minimum absolute atomic E-state index is 0.0906. The summed E-state index contributed by atoms with van der Waals surface area (Å²) in [5.41, 5.74) is 3.26. The normalized spacial score (nSPS) is 18.2. The highest BCUT2D eigenvalue weighted by Crippen LogP contribution is 2.37. The van der Waals surface area contributed by atoms with Crippen molar-refractivity contribution < 1.29 is 28.7 Å². The molecule has 4 rings (SSSR count). The van der Waals surface area contributed by atoms with Gasteiger partial charge < -0.3 is 19.3 Å². The number of hydrogen-bond acceptors (Lipinski definition) is 6. The first-order valence-corrected chi connectivity index (χ1v) is 13.6. The Balaban J connectivity index is 1.52. The summed E-state index contributed by atoms with van der Waals surface area (Å²) in [5, 5.41) is 0. The van der Waals surface area contributed by atoms with Crippen molar-refractivity contribution in [1.82, 2.24) is 9.80 Å². The molecule has 2 aromatic rings. The maximum Gasteiger partial charge on any atom is 0.336 e. The van der Waals surface area contributed by atoms with E-state index in [0.717, 1.165) is 11.1 Å². The van der Waals surface area contributed by atoms with Gasteiger partial charge in [0.2, 0.25) is 5.91 Å². The summed E-state index contributed by atoms with van der Waals surface area (Å²) in [7, 11) is 0. The summed E-state index contributed by atoms with van der Waals surface area (Å²) in [5.74, 6) is -1.36. The summed E-state index contributed by atoms with van der Waals surface area (Å²) in [6.07, 6.45) is 1.31. The van der Waals surface area contributed by atoms with Crippen LogP contribution in [0.2, 0.25) is 0 Å². The predicted molar refractivity (Wildman–Crippen MR) is 145 cm³/mol. The van der Waals surface area contributed by atoms with Crippen LogP contribution in [0.4, 0.5) is 0 Å². The zero-order chi connectivity index (χ0) is 27.9. The van der Waals surface area contributed by atoms with Gasteiger partial charge in [-0.15, -0.1) is 0 Å². The van der Waals surface area contributed by atoms with Gasteiger partial charge in [0.05, 0.1) is 31.2 Å². The molecule has 0 saturated carbocycles. The Labute approximate surface area is 229 Å². The van der Waals surface area contributed by atoms with Crippen LogP contribution in [0.15, 0.2) is 65.9 Å². The van der Waals surface area contributed by atoms with Crippen LogP contribution in [-0.4, -0.2) is 59.9 Å². The number of benzene rings is 2. The van der Waals surface area contributed by atoms with Crippen LogP contribution in [0.5, 0.6) is 0 Å². The van der Waals surface area contributed by atoms with Gasteiger partial charge in [-0.05, 0) is 56.9 Å². The van der Waals surface area contributed by atoms with Crippen molar-refractivity contribution in [2.24, 2.45) is 5.92 Å². The van der Waals surface area contributed by atoms with Crippen molar-refractivity contribution in [2.75, 3.05) is 26.3 Å². The zero-order valence-corrected chi connectivity index (χ0v) is 22.9. The van der Waals surface area contributed by atoms with Crippen molar-refractivity contribution in [3.8, 4) is 0 Å². The number of ether oxygens (including phenoxy) is 2. The highest BCUT2D eigenvalue weighted by molar-refractivity contribution is 5.96. The summed E-state index contributed by atoms with van der Waals surface area (Å²) >= 11 is 0. The first-order chi connectivity index (χ1) is 18.8. The Morgan fingerprint density at radius 1 is 0.923 bits per heavy atom. The van der Waals surface area contributed by atoms with Crippen molar-refractivity contribution >= 4 is 23.8 Å². The number of carbonyl (C=O) groups is 4. The summed E-state index contributed by atoms with van der Waals surface area (Å²) in [6.45, 7) is 7.14. The number of piperidine rings is 1. The highest BCUT2D eigenvalue weighted by atomic mass is 16.5. The number of hydrogen-bond donors (Lipinski definition) is 0. The second kappa shape index (κ2) is 12.7. The number of amides is 2. The van der Waals surface area contributed by atoms with Gasteiger partial charge in [0, 0.05) is 36.7 Å². The average molecular weight is 533 g/mol. The Hall–Kier alpha value is -3.94. The Morgan fingerprint density at radius 2 is 1.62 bits per heavy atom. The van der Waals surface area contributed by atoms with Crippen LogP contribution in [0, 0.1) is 5.92 Å². The molecule has 2 amide bonds. The molecule has 1 atom stereocenters. The molecule has 0 aromatic heterocycles. The molecular weight excluding hydrogens is 496 g/mol. The fraction of sp³-hybridized carbons (Fsp3) is 0.419. The number of allylic oxidation sites excluding steroid dienone is 1. The molecule has 8 heteroatoms. The quantitative estimate of drug-likeness (QED) is 0.466. The average Bonchev–Trinajstić information content (AvgIpc) is 2.95. The molecule has 0 N–H and O–H groups in total. The Morgan fingerprint density at radius 3 is 2.28 bits per heavy atom. The summed E-state index contributed by atoms with van der Waals surface area (Å²) < 4.78 is 10.5. The molecule has 0 radical (unpaired) electrons. The van der Waals surface area contributed by atoms with Crippen molar-refractivity contribution in [3.63, 3.8) is 0 Å². The minimum Gasteiger partial charge on any atom is -0.466 e. The number of carbonyl (C=O) groups excluding carboxylic acids is 4. The molecule has 1 unspecified atom stereocenters. The molecule has 206 valence electrons. The van der Waals surface area contributed by atoms with E-state index in [-0.39, 0.29) is 49.2 Å². The van der Waals surface area contributed by atoms with Gasteiger partial charge >= 0.3 is 11.9 Å². The molecule has 0 bridgehead atoms. The lowest BCUT2D eigenvalue weighted by molar-refractivity contribution is -0.149. The van der Waals surface area contributed by atoms with Gasteiger partial charge in [-0.1, -0.05) is 42.5 Å². The molecule has 0 aliphatic carbocycles. The van der Waals surface area contributed by atoms with Crippen LogP contribution in [0.3, 0.4) is 0 Å². The lowest BCUT2D eigenvalue weighted by atomic mass is 9.83. The van der Waals surface area contributed by atoms with E-state index < -0.39 is 5.97 Å². The van der Waals surface area contributed by atoms with Gasteiger partial charge in [0.1, 0.15) is 0 Å². The molecular formula is C31H36N2O6. The number of rotatable bonds is 8. The van der Waals surface area contributed by atoms with Crippen LogP contribution < -0.4 is 0 Å². The molecule has 2 aliphatic rings. The third-order valence-corrected chi connectivity index (χ3v) is 7.44. The minimum atomic E-state index is -0.420. The van der Waals surface area contributed by atoms with Crippen LogP contribution >= 0.6 is 0 Å². The van der Waals surface area contributed by atoms with Gasteiger partial charge in [-0.2, -0.15) is 0 Å². The molecule has 2 aliphatic heterocycles. The molecule has 2 heterocycles. The van der Waals surface area contributed by atoms with E-state index in [1.54, 1.807) is 48.8 Å². The first kappa shape index (κ1) is 28.1. The predicted octanol–water partition coefficient (Wildman–Crippen LogP) is 4.46. The Bertz CT molecular complexity index is 1250. The van der Waals surface area contributed by atoms with E-state index in [1.807, 2.05) is 36.4 Å². The highest BCUT2D eigenvalue weighted by Gasteiger charge is 2.37. The van der Waals surface area contributed by atoms with Gasteiger partial charge in [0.25, 0.3) is 5.91 Å². The lowest BCUT2D eigenvalue weighted by Gasteiger charge is -2.34. The smallest absolute Gasteiger partial charge is 0.336 e. The van der Waals surface area contributed by atoms with Gasteiger partial charge in [-0.3, -0.25) is 14.4 Å². The van der Waals surface area contributed by atoms with Crippen molar-refractivity contribution in [1.29, 1.82) is 0 Å². The first-order valence-electron chi connectivity index (χ1n) is 13.6. The van der Waals surface area contributed by atoms with E-state index in [2.05, 4.69) is 0 Å². The van der Waals surface area contributed by atoms with Crippen LogP contribution in [0.1, 0.15) is 67.4 Å². The van der Waals surface area contributed by atoms with E-state index >= 15 is 0 Å². The fourth-order valence-electron chi connectivity index (χ4n) is 5.39. The maximum absolute atomic E-state index is 13.3. The lowest BCUT2D eigenvalue weighted by Crippen LogP contribution is -2.40. The third kappa shape index (κ3) is 6.38. The largest absolute Gasteiger partial charge is 0.466 e. The second-order valence-corrected chi connectivity index (χ2v) is 9.89. The van der Waals surface area contributed by atoms with Gasteiger partial charge in [-0.25, -0.2) is 4.79 Å². The van der Waals surface area contributed by atoms with Crippen LogP contribution in [-0.2, 0) is 30.4 Å². The van der Waals surface area contributed by atoms with Crippen LogP contribution in [0.25, 0.3) is 0 Å². The molecule has 0 spiro atoms. The standard InChI is InChI=1S/C31H36N2O6/c1-4-38-30(36)24-14-16-32(17-15-24)29(35)25-13-9-10-22(18-25)20-33-21(3)28(31(37)39-5-2)26(19-27(33)34)23-11-7-6-8-12-23/h6-13,18,24,26H,4-5,14-17,19-20H2,1-3H3. The molecule has 2 aromatic carbocycles. The molecule has 1 fully saturated rings. The van der Waals surface area contributed by atoms with E-state index in [4.69, 9.17) is 9.47 Å². The second-order valence-electron chi connectivity index (χ2n) is 9.89. The fourth-order valence-corrected chi connectivity index (χ4v) is 5.39. The van der Waals surface area contributed by atoms with Gasteiger partial charge in [0.15, 0.2) is 0 Å². The zero-order valence-electron chi connectivity index (χ0n) is 22.9. The van der Waals surface area contributed by atoms with Crippen molar-refractivity contribution in [3.05, 3.63) is 82.6 Å². The maximum atomic E-state index is 13.3. The molecule has 1 saturated heterocycles.